The van der Waals surface area contributed by atoms with E-state index in [1.54, 1.807) is 0 Å². The van der Waals surface area contributed by atoms with Crippen molar-refractivity contribution in [1.29, 1.82) is 0 Å². The SMILES string of the molecule is [2H]C([2H])([2H])N1C([2H])([2H])CC=C(C2=NCN=C2OCCCCCC)C1([2H])[2H]. The van der Waals surface area contributed by atoms with Crippen LogP contribution in [0, 0.1) is 0 Å². The first-order chi connectivity index (χ1) is 12.0. The largest absolute Gasteiger partial charge is 0.476 e. The zero-order valence-electron chi connectivity index (χ0n) is 18.3. The second-order valence-electron chi connectivity index (χ2n) is 4.45. The van der Waals surface area contributed by atoms with Gasteiger partial charge in [0.15, 0.2) is 0 Å². The fourth-order valence-corrected chi connectivity index (χ4v) is 1.92. The third-order valence-electron chi connectivity index (χ3n) is 2.93. The summed E-state index contributed by atoms with van der Waals surface area (Å²) in [7, 11) is 0. The van der Waals surface area contributed by atoms with Gasteiger partial charge in [0, 0.05) is 22.6 Å². The van der Waals surface area contributed by atoms with Crippen LogP contribution in [0.5, 0.6) is 0 Å². The Morgan fingerprint density at radius 1 is 1.42 bits per heavy atom. The number of ether oxygens (including phenoxy) is 1. The van der Waals surface area contributed by atoms with Crippen molar-refractivity contribution >= 4 is 11.6 Å². The Labute approximate surface area is 126 Å². The summed E-state index contributed by atoms with van der Waals surface area (Å²) in [6.07, 6.45) is 5.18. The van der Waals surface area contributed by atoms with Crippen molar-refractivity contribution in [2.45, 2.75) is 39.0 Å². The molecule has 4 nitrogen and oxygen atoms in total. The smallest absolute Gasteiger partial charge is 0.237 e. The van der Waals surface area contributed by atoms with Crippen LogP contribution in [0.25, 0.3) is 0 Å². The van der Waals surface area contributed by atoms with Gasteiger partial charge in [0.05, 0.1) is 6.61 Å². The first-order valence-electron chi connectivity index (χ1n) is 10.3. The molecule has 2 aliphatic heterocycles. The standard InChI is InChI=1S/C15H25N3O/c1-3-4-5-6-10-19-15-14(16-12-17-15)13-8-7-9-18(2)11-13/h8H,3-7,9-12H2,1-2H3/i2D3,9D2,11D2. The van der Waals surface area contributed by atoms with Gasteiger partial charge in [0.2, 0.25) is 5.90 Å². The average molecular weight is 270 g/mol. The Balaban J connectivity index is 2.19. The highest BCUT2D eigenvalue weighted by Gasteiger charge is 2.22. The molecule has 0 aromatic carbocycles. The van der Waals surface area contributed by atoms with Gasteiger partial charge in [-0.05, 0) is 25.4 Å². The van der Waals surface area contributed by atoms with E-state index in [0.29, 0.717) is 11.5 Å². The number of unbranched alkanes of at least 4 members (excludes halogenated alkanes) is 3. The Bertz CT molecular complexity index is 611. The summed E-state index contributed by atoms with van der Waals surface area (Å²) >= 11 is 0. The Hall–Kier alpha value is -1.16. The van der Waals surface area contributed by atoms with E-state index in [4.69, 9.17) is 14.3 Å². The first kappa shape index (κ1) is 7.58. The fourth-order valence-electron chi connectivity index (χ4n) is 1.92. The molecule has 4 heteroatoms. The van der Waals surface area contributed by atoms with E-state index in [2.05, 4.69) is 16.9 Å². The van der Waals surface area contributed by atoms with Gasteiger partial charge >= 0.3 is 0 Å². The monoisotopic (exact) mass is 270 g/mol. The molecule has 2 rings (SSSR count). The van der Waals surface area contributed by atoms with Crippen LogP contribution in [0.2, 0.25) is 0 Å². The summed E-state index contributed by atoms with van der Waals surface area (Å²) in [4.78, 5) is 8.59. The van der Waals surface area contributed by atoms with E-state index < -0.39 is 20.0 Å². The minimum absolute atomic E-state index is 0.00596. The van der Waals surface area contributed by atoms with Crippen molar-refractivity contribution in [1.82, 2.24) is 4.90 Å². The van der Waals surface area contributed by atoms with Crippen LogP contribution in [-0.4, -0.2) is 49.8 Å². The first-order valence-corrected chi connectivity index (χ1v) is 6.75. The minimum atomic E-state index is -2.94. The van der Waals surface area contributed by atoms with Crippen LogP contribution < -0.4 is 0 Å². The van der Waals surface area contributed by atoms with Crippen molar-refractivity contribution in [2.24, 2.45) is 9.98 Å². The molecule has 0 unspecified atom stereocenters. The number of likely N-dealkylation sites (N-methyl/N-ethyl adjacent to an activating group) is 1. The number of nitrogens with zero attached hydrogens (tertiary/aromatic N) is 3. The third kappa shape index (κ3) is 4.16. The molecule has 0 aromatic rings. The lowest BCUT2D eigenvalue weighted by Crippen LogP contribution is -2.31. The zero-order valence-corrected chi connectivity index (χ0v) is 11.3. The molecule has 2 heterocycles. The van der Waals surface area contributed by atoms with Crippen molar-refractivity contribution in [3.63, 3.8) is 0 Å². The second-order valence-corrected chi connectivity index (χ2v) is 4.45. The molecule has 0 radical (unpaired) electrons. The molecule has 0 aromatic heterocycles. The number of hydrogen-bond donors (Lipinski definition) is 0. The molecule has 0 saturated heterocycles. The summed E-state index contributed by atoms with van der Waals surface area (Å²) in [6.45, 7) is -5.21. The summed E-state index contributed by atoms with van der Waals surface area (Å²) in [6, 6.07) is 0. The number of aliphatic imine (C=N–C) groups is 2. The highest BCUT2D eigenvalue weighted by Crippen LogP contribution is 2.14. The molecule has 0 aliphatic carbocycles. The van der Waals surface area contributed by atoms with E-state index in [-0.39, 0.29) is 30.3 Å². The van der Waals surface area contributed by atoms with Gasteiger partial charge in [-0.1, -0.05) is 32.3 Å². The topological polar surface area (TPSA) is 37.2 Å². The van der Waals surface area contributed by atoms with E-state index in [9.17, 15) is 0 Å². The normalized spacial score (nSPS) is 31.4. The Morgan fingerprint density at radius 2 is 2.37 bits per heavy atom. The Morgan fingerprint density at radius 3 is 3.21 bits per heavy atom. The van der Waals surface area contributed by atoms with E-state index in [0.717, 1.165) is 25.7 Å². The zero-order chi connectivity index (χ0) is 19.6. The lowest BCUT2D eigenvalue weighted by Gasteiger charge is -2.23. The average Bonchev–Trinajstić information content (AvgIpc) is 2.92. The predicted octanol–water partition coefficient (Wildman–Crippen LogP) is 2.66. The third-order valence-corrected chi connectivity index (χ3v) is 2.93. The Kier molecular flexibility index (Phi) is 2.96. The van der Waals surface area contributed by atoms with Gasteiger partial charge in [-0.3, -0.25) is 4.99 Å². The fraction of sp³-hybridized carbons (Fsp3) is 0.733. The molecule has 0 spiro atoms. The molecule has 0 saturated carbocycles. The van der Waals surface area contributed by atoms with Gasteiger partial charge in [0.1, 0.15) is 12.4 Å². The van der Waals surface area contributed by atoms with Crippen LogP contribution in [0.4, 0.5) is 0 Å². The van der Waals surface area contributed by atoms with Crippen molar-refractivity contribution in [3.05, 3.63) is 11.6 Å². The van der Waals surface area contributed by atoms with Crippen molar-refractivity contribution < 1.29 is 14.3 Å². The lowest BCUT2D eigenvalue weighted by atomic mass is 10.1. The maximum Gasteiger partial charge on any atom is 0.237 e. The van der Waals surface area contributed by atoms with Crippen molar-refractivity contribution in [2.75, 3.05) is 33.2 Å². The van der Waals surface area contributed by atoms with Gasteiger partial charge < -0.3 is 9.64 Å². The quantitative estimate of drug-likeness (QED) is 0.696. The highest BCUT2D eigenvalue weighted by molar-refractivity contribution is 6.46. The molecule has 0 N–H and O–H groups in total. The maximum atomic E-state index is 8.31. The van der Waals surface area contributed by atoms with Crippen LogP contribution >= 0.6 is 0 Å². The van der Waals surface area contributed by atoms with E-state index >= 15 is 0 Å². The van der Waals surface area contributed by atoms with Gasteiger partial charge in [-0.25, -0.2) is 4.99 Å². The van der Waals surface area contributed by atoms with Gasteiger partial charge in [0.25, 0.3) is 0 Å². The second kappa shape index (κ2) is 7.43. The summed E-state index contributed by atoms with van der Waals surface area (Å²) < 4.78 is 60.8. The molecule has 0 fully saturated rings. The molecule has 0 bridgehead atoms. The molecule has 0 amide bonds. The maximum absolute atomic E-state index is 8.31. The minimum Gasteiger partial charge on any atom is -0.476 e. The molecule has 19 heavy (non-hydrogen) atoms. The number of rotatable bonds is 6. The predicted molar refractivity (Wildman–Crippen MR) is 80.0 cm³/mol. The molecule has 2 aliphatic rings. The number of hydrogen-bond acceptors (Lipinski definition) is 4. The van der Waals surface area contributed by atoms with Crippen LogP contribution in [-0.2, 0) is 4.74 Å². The summed E-state index contributed by atoms with van der Waals surface area (Å²) in [5.74, 6) is 0.199. The van der Waals surface area contributed by atoms with Crippen molar-refractivity contribution in [3.8, 4) is 0 Å². The van der Waals surface area contributed by atoms with Gasteiger partial charge in [-0.2, -0.15) is 0 Å². The summed E-state index contributed by atoms with van der Waals surface area (Å²) in [5, 5.41) is 0. The van der Waals surface area contributed by atoms with Crippen LogP contribution in [0.3, 0.4) is 0 Å². The van der Waals surface area contributed by atoms with Crippen LogP contribution in [0.15, 0.2) is 21.6 Å². The lowest BCUT2D eigenvalue weighted by molar-refractivity contribution is 0.298. The molecule has 106 valence electrons. The van der Waals surface area contributed by atoms with E-state index in [1.165, 1.54) is 6.08 Å². The summed E-state index contributed by atoms with van der Waals surface area (Å²) in [5.41, 5.74) is 0.170. The van der Waals surface area contributed by atoms with Crippen LogP contribution in [0.1, 0.15) is 48.6 Å². The molecule has 0 atom stereocenters. The molecular weight excluding hydrogens is 238 g/mol. The van der Waals surface area contributed by atoms with Gasteiger partial charge in [-0.15, -0.1) is 0 Å². The van der Waals surface area contributed by atoms with E-state index in [1.807, 2.05) is 0 Å². The molecular formula is C15H25N3O. The highest BCUT2D eigenvalue weighted by atomic mass is 16.5.